The van der Waals surface area contributed by atoms with Gasteiger partial charge in [-0.15, -0.1) is 0 Å². The van der Waals surface area contributed by atoms with Crippen molar-refractivity contribution >= 4 is 63.8 Å². The maximum absolute atomic E-state index is 12.9. The van der Waals surface area contributed by atoms with Crippen LogP contribution in [0.4, 0.5) is 4.79 Å². The highest BCUT2D eigenvalue weighted by Gasteiger charge is 2.35. The Bertz CT molecular complexity index is 1260. The van der Waals surface area contributed by atoms with Gasteiger partial charge in [0.05, 0.1) is 18.6 Å². The number of hydrogen-bond donors (Lipinski definition) is 0. The number of thioether (sulfide) groups is 1. The van der Waals surface area contributed by atoms with E-state index in [9.17, 15) is 9.59 Å². The molecule has 0 N–H and O–H groups in total. The first-order chi connectivity index (χ1) is 16.4. The van der Waals surface area contributed by atoms with E-state index < -0.39 is 0 Å². The number of ether oxygens (including phenoxy) is 2. The Balaban J connectivity index is 1.53. The molecule has 1 aliphatic rings. The number of halogens is 3. The maximum atomic E-state index is 12.9. The van der Waals surface area contributed by atoms with Crippen molar-refractivity contribution in [2.24, 2.45) is 0 Å². The number of carbonyl (C=O) groups is 2. The summed E-state index contributed by atoms with van der Waals surface area (Å²) in [6.07, 6.45) is 1.65. The van der Waals surface area contributed by atoms with Crippen molar-refractivity contribution in [3.8, 4) is 11.5 Å². The van der Waals surface area contributed by atoms with Gasteiger partial charge in [-0.3, -0.25) is 14.5 Å². The minimum absolute atomic E-state index is 0.135. The molecule has 0 saturated carbocycles. The Hall–Kier alpha value is -2.64. The van der Waals surface area contributed by atoms with Crippen molar-refractivity contribution in [1.82, 2.24) is 4.90 Å². The van der Waals surface area contributed by atoms with Crippen LogP contribution in [0.5, 0.6) is 11.5 Å². The van der Waals surface area contributed by atoms with E-state index in [-0.39, 0.29) is 24.3 Å². The summed E-state index contributed by atoms with van der Waals surface area (Å²) < 4.78 is 11.3. The zero-order valence-corrected chi connectivity index (χ0v) is 21.0. The third-order valence-corrected chi connectivity index (χ3v) is 6.91. The SMILES string of the molecule is COc1ccc(/C=C2\SC(=O)N(Cc3ccc(Cl)cc3)C2=O)cc1OCc1c(Cl)cccc1Cl. The van der Waals surface area contributed by atoms with Crippen LogP contribution in [0.15, 0.2) is 65.6 Å². The Morgan fingerprint density at radius 2 is 1.65 bits per heavy atom. The molecule has 1 fully saturated rings. The van der Waals surface area contributed by atoms with E-state index in [0.717, 1.165) is 17.3 Å². The molecule has 0 aromatic heterocycles. The van der Waals surface area contributed by atoms with Crippen LogP contribution >= 0.6 is 46.6 Å². The van der Waals surface area contributed by atoms with Gasteiger partial charge in [-0.25, -0.2) is 0 Å². The molecule has 174 valence electrons. The second-order valence-electron chi connectivity index (χ2n) is 7.29. The summed E-state index contributed by atoms with van der Waals surface area (Å²) in [4.78, 5) is 26.9. The van der Waals surface area contributed by atoms with Gasteiger partial charge in [-0.2, -0.15) is 0 Å². The molecule has 5 nitrogen and oxygen atoms in total. The summed E-state index contributed by atoms with van der Waals surface area (Å²) in [6, 6.07) is 17.5. The van der Waals surface area contributed by atoms with Crippen LogP contribution in [0.1, 0.15) is 16.7 Å². The van der Waals surface area contributed by atoms with Crippen molar-refractivity contribution in [2.75, 3.05) is 7.11 Å². The fourth-order valence-electron chi connectivity index (χ4n) is 3.28. The lowest BCUT2D eigenvalue weighted by Crippen LogP contribution is -2.27. The van der Waals surface area contributed by atoms with E-state index in [1.54, 1.807) is 66.7 Å². The normalized spacial score (nSPS) is 14.7. The van der Waals surface area contributed by atoms with Crippen LogP contribution in [0.25, 0.3) is 6.08 Å². The molecule has 0 unspecified atom stereocenters. The van der Waals surface area contributed by atoms with E-state index in [2.05, 4.69) is 0 Å². The first kappa shape index (κ1) is 24.5. The van der Waals surface area contributed by atoms with Gasteiger partial charge in [-0.05, 0) is 65.4 Å². The lowest BCUT2D eigenvalue weighted by molar-refractivity contribution is -0.123. The number of methoxy groups -OCH3 is 1. The summed E-state index contributed by atoms with van der Waals surface area (Å²) >= 11 is 19.3. The zero-order chi connectivity index (χ0) is 24.2. The van der Waals surface area contributed by atoms with Gasteiger partial charge in [0, 0.05) is 20.6 Å². The molecule has 1 heterocycles. The number of nitrogens with zero attached hydrogens (tertiary/aromatic N) is 1. The molecule has 0 spiro atoms. The highest BCUT2D eigenvalue weighted by Crippen LogP contribution is 2.36. The largest absolute Gasteiger partial charge is 0.493 e. The van der Waals surface area contributed by atoms with E-state index in [1.165, 1.54) is 12.0 Å². The molecular formula is C25H18Cl3NO4S. The predicted octanol–water partition coefficient (Wildman–Crippen LogP) is 7.47. The summed E-state index contributed by atoms with van der Waals surface area (Å²) in [7, 11) is 1.53. The molecule has 34 heavy (non-hydrogen) atoms. The Morgan fingerprint density at radius 1 is 0.941 bits per heavy atom. The number of hydrogen-bond acceptors (Lipinski definition) is 5. The average Bonchev–Trinajstić information content (AvgIpc) is 3.07. The third kappa shape index (κ3) is 5.53. The Kier molecular flexibility index (Phi) is 7.73. The van der Waals surface area contributed by atoms with Crippen LogP contribution in [0.2, 0.25) is 15.1 Å². The van der Waals surface area contributed by atoms with Crippen LogP contribution in [-0.4, -0.2) is 23.2 Å². The molecule has 0 radical (unpaired) electrons. The maximum Gasteiger partial charge on any atom is 0.293 e. The van der Waals surface area contributed by atoms with Gasteiger partial charge in [0.25, 0.3) is 11.1 Å². The van der Waals surface area contributed by atoms with Crippen LogP contribution in [-0.2, 0) is 17.9 Å². The standard InChI is InChI=1S/C25H18Cl3NO4S/c1-32-21-10-7-16(11-22(21)33-14-18-19(27)3-2-4-20(18)28)12-23-24(30)29(25(31)34-23)13-15-5-8-17(26)9-6-15/h2-12H,13-14H2,1H3/b23-12-. The molecule has 0 bridgehead atoms. The summed E-state index contributed by atoms with van der Waals surface area (Å²) in [5, 5.41) is 1.26. The first-order valence-corrected chi connectivity index (χ1v) is 12.0. The number of benzene rings is 3. The fraction of sp³-hybridized carbons (Fsp3) is 0.120. The first-order valence-electron chi connectivity index (χ1n) is 10.1. The summed E-state index contributed by atoms with van der Waals surface area (Å²) in [6.45, 7) is 0.310. The van der Waals surface area contributed by atoms with Crippen molar-refractivity contribution in [1.29, 1.82) is 0 Å². The Morgan fingerprint density at radius 3 is 2.32 bits per heavy atom. The fourth-order valence-corrected chi connectivity index (χ4v) is 4.75. The van der Waals surface area contributed by atoms with E-state index in [0.29, 0.717) is 42.6 Å². The number of imide groups is 1. The molecule has 9 heteroatoms. The van der Waals surface area contributed by atoms with Gasteiger partial charge in [0.15, 0.2) is 11.5 Å². The zero-order valence-electron chi connectivity index (χ0n) is 17.9. The van der Waals surface area contributed by atoms with Gasteiger partial charge in [0.2, 0.25) is 0 Å². The van der Waals surface area contributed by atoms with Gasteiger partial charge in [0.1, 0.15) is 6.61 Å². The molecule has 0 aliphatic carbocycles. The summed E-state index contributed by atoms with van der Waals surface area (Å²) in [5.74, 6) is 0.606. The molecular weight excluding hydrogens is 517 g/mol. The van der Waals surface area contributed by atoms with Crippen LogP contribution in [0.3, 0.4) is 0 Å². The highest BCUT2D eigenvalue weighted by molar-refractivity contribution is 8.18. The molecule has 4 rings (SSSR count). The Labute approximate surface area is 216 Å². The van der Waals surface area contributed by atoms with Crippen LogP contribution < -0.4 is 9.47 Å². The van der Waals surface area contributed by atoms with Crippen molar-refractivity contribution in [3.63, 3.8) is 0 Å². The van der Waals surface area contributed by atoms with Gasteiger partial charge < -0.3 is 9.47 Å². The van der Waals surface area contributed by atoms with Crippen LogP contribution in [0, 0.1) is 0 Å². The molecule has 3 aromatic carbocycles. The van der Waals surface area contributed by atoms with Crippen molar-refractivity contribution < 1.29 is 19.1 Å². The molecule has 1 aliphatic heterocycles. The van der Waals surface area contributed by atoms with E-state index in [4.69, 9.17) is 44.3 Å². The van der Waals surface area contributed by atoms with E-state index >= 15 is 0 Å². The molecule has 0 atom stereocenters. The minimum Gasteiger partial charge on any atom is -0.493 e. The monoisotopic (exact) mass is 533 g/mol. The highest BCUT2D eigenvalue weighted by atomic mass is 35.5. The van der Waals surface area contributed by atoms with Crippen molar-refractivity contribution in [3.05, 3.63) is 97.3 Å². The average molecular weight is 535 g/mol. The topological polar surface area (TPSA) is 55.8 Å². The second-order valence-corrected chi connectivity index (χ2v) is 9.54. The smallest absolute Gasteiger partial charge is 0.293 e. The molecule has 3 aromatic rings. The summed E-state index contributed by atoms with van der Waals surface area (Å²) in [5.41, 5.74) is 2.14. The minimum atomic E-state index is -0.355. The lowest BCUT2D eigenvalue weighted by Gasteiger charge is -2.13. The molecule has 2 amide bonds. The van der Waals surface area contributed by atoms with Gasteiger partial charge >= 0.3 is 0 Å². The van der Waals surface area contributed by atoms with E-state index in [1.807, 2.05) is 0 Å². The second kappa shape index (κ2) is 10.7. The number of rotatable bonds is 7. The quantitative estimate of drug-likeness (QED) is 0.294. The predicted molar refractivity (Wildman–Crippen MR) is 137 cm³/mol. The number of carbonyl (C=O) groups excluding carboxylic acids is 2. The van der Waals surface area contributed by atoms with Crippen molar-refractivity contribution in [2.45, 2.75) is 13.2 Å². The van der Waals surface area contributed by atoms with Gasteiger partial charge in [-0.1, -0.05) is 59.1 Å². The number of amides is 2. The lowest BCUT2D eigenvalue weighted by atomic mass is 10.1. The third-order valence-electron chi connectivity index (χ3n) is 5.05. The molecule has 1 saturated heterocycles.